The van der Waals surface area contributed by atoms with Gasteiger partial charge >= 0.3 is 0 Å². The van der Waals surface area contributed by atoms with Gasteiger partial charge in [0.15, 0.2) is 5.96 Å². The van der Waals surface area contributed by atoms with Crippen molar-refractivity contribution >= 4 is 17.7 Å². The van der Waals surface area contributed by atoms with E-state index in [4.69, 9.17) is 15.5 Å². The molecular formula is C19H32N6O2. The Morgan fingerprint density at radius 1 is 1.41 bits per heavy atom. The largest absolute Gasteiger partial charge is 0.385 e. The third-order valence-electron chi connectivity index (χ3n) is 4.63. The van der Waals surface area contributed by atoms with E-state index >= 15 is 0 Å². The van der Waals surface area contributed by atoms with Crippen LogP contribution in [0, 0.1) is 5.92 Å². The van der Waals surface area contributed by atoms with Gasteiger partial charge in [-0.15, -0.1) is 0 Å². The standard InChI is InChI=1S/C19H32N6O2/c1-3-21-19(23-10-5-13-27-2)24-14-16-6-4-9-22-18(16)25-11-7-15(8-12-25)17(20)26/h4,6,9,15H,3,5,7-8,10-14H2,1-2H3,(H2,20,26)(H2,21,23,24). The molecule has 0 atom stereocenters. The number of aromatic nitrogens is 1. The Morgan fingerprint density at radius 2 is 2.19 bits per heavy atom. The highest BCUT2D eigenvalue weighted by molar-refractivity contribution is 5.79. The Morgan fingerprint density at radius 3 is 2.85 bits per heavy atom. The van der Waals surface area contributed by atoms with Crippen molar-refractivity contribution in [2.24, 2.45) is 16.6 Å². The summed E-state index contributed by atoms with van der Waals surface area (Å²) in [6, 6.07) is 3.99. The minimum atomic E-state index is -0.199. The van der Waals surface area contributed by atoms with E-state index in [9.17, 15) is 4.79 Å². The van der Waals surface area contributed by atoms with Crippen molar-refractivity contribution in [2.45, 2.75) is 32.7 Å². The molecule has 2 rings (SSSR count). The fourth-order valence-electron chi connectivity index (χ4n) is 3.14. The topological polar surface area (TPSA) is 105 Å². The molecule has 8 nitrogen and oxygen atoms in total. The van der Waals surface area contributed by atoms with Crippen LogP contribution in [0.4, 0.5) is 5.82 Å². The number of nitrogens with one attached hydrogen (secondary N) is 2. The maximum Gasteiger partial charge on any atom is 0.220 e. The van der Waals surface area contributed by atoms with Gasteiger partial charge in [-0.25, -0.2) is 9.98 Å². The van der Waals surface area contributed by atoms with Crippen molar-refractivity contribution in [3.05, 3.63) is 23.9 Å². The first-order valence-corrected chi connectivity index (χ1v) is 9.65. The highest BCUT2D eigenvalue weighted by Crippen LogP contribution is 2.24. The number of hydrogen-bond acceptors (Lipinski definition) is 5. The van der Waals surface area contributed by atoms with E-state index in [1.165, 1.54) is 0 Å². The molecule has 1 amide bonds. The molecule has 2 heterocycles. The Bertz CT molecular complexity index is 614. The van der Waals surface area contributed by atoms with Gasteiger partial charge in [0.25, 0.3) is 0 Å². The molecule has 0 aliphatic carbocycles. The molecule has 0 spiro atoms. The Balaban J connectivity index is 2.00. The average Bonchev–Trinajstić information content (AvgIpc) is 2.69. The molecule has 1 saturated heterocycles. The Hall–Kier alpha value is -2.35. The van der Waals surface area contributed by atoms with Crippen LogP contribution in [0.3, 0.4) is 0 Å². The summed E-state index contributed by atoms with van der Waals surface area (Å²) in [7, 11) is 1.70. The summed E-state index contributed by atoms with van der Waals surface area (Å²) in [4.78, 5) is 22.9. The molecule has 1 aromatic rings. The van der Waals surface area contributed by atoms with Gasteiger partial charge in [0.2, 0.25) is 5.91 Å². The number of hydrogen-bond donors (Lipinski definition) is 3. The molecule has 150 valence electrons. The minimum absolute atomic E-state index is 0.0249. The van der Waals surface area contributed by atoms with Crippen LogP contribution in [-0.4, -0.2) is 56.7 Å². The normalized spacial score (nSPS) is 15.6. The molecule has 0 aromatic carbocycles. The van der Waals surface area contributed by atoms with Gasteiger partial charge in [-0.05, 0) is 32.3 Å². The predicted molar refractivity (Wildman–Crippen MR) is 108 cm³/mol. The molecule has 27 heavy (non-hydrogen) atoms. The lowest BCUT2D eigenvalue weighted by molar-refractivity contribution is -0.122. The quantitative estimate of drug-likeness (QED) is 0.336. The second-order valence-corrected chi connectivity index (χ2v) is 6.62. The molecule has 0 unspecified atom stereocenters. The second-order valence-electron chi connectivity index (χ2n) is 6.62. The van der Waals surface area contributed by atoms with Crippen molar-refractivity contribution in [2.75, 3.05) is 44.8 Å². The monoisotopic (exact) mass is 376 g/mol. The number of primary amides is 1. The number of piperidine rings is 1. The summed E-state index contributed by atoms with van der Waals surface area (Å²) in [5, 5.41) is 6.58. The van der Waals surface area contributed by atoms with Crippen LogP contribution in [0.25, 0.3) is 0 Å². The van der Waals surface area contributed by atoms with Gasteiger partial charge in [-0.3, -0.25) is 4.79 Å². The number of anilines is 1. The van der Waals surface area contributed by atoms with E-state index < -0.39 is 0 Å². The number of carbonyl (C=O) groups excluding carboxylic acids is 1. The number of rotatable bonds is 9. The zero-order valence-electron chi connectivity index (χ0n) is 16.4. The van der Waals surface area contributed by atoms with E-state index in [1.54, 1.807) is 13.3 Å². The summed E-state index contributed by atoms with van der Waals surface area (Å²) in [6.07, 6.45) is 4.28. The number of methoxy groups -OCH3 is 1. The molecule has 1 aliphatic heterocycles. The Kier molecular flexibility index (Phi) is 8.83. The Labute approximate surface area is 161 Å². The molecule has 0 saturated carbocycles. The first-order chi connectivity index (χ1) is 13.2. The summed E-state index contributed by atoms with van der Waals surface area (Å²) in [6.45, 7) is 6.49. The van der Waals surface area contributed by atoms with Crippen LogP contribution in [0.5, 0.6) is 0 Å². The maximum atomic E-state index is 11.4. The number of ether oxygens (including phenoxy) is 1. The summed E-state index contributed by atoms with van der Waals surface area (Å²) in [5.41, 5.74) is 6.51. The predicted octanol–water partition coefficient (Wildman–Crippen LogP) is 0.875. The van der Waals surface area contributed by atoms with E-state index in [0.717, 1.165) is 69.4 Å². The molecule has 8 heteroatoms. The van der Waals surface area contributed by atoms with Gasteiger partial charge in [0.1, 0.15) is 5.82 Å². The third kappa shape index (κ3) is 6.71. The van der Waals surface area contributed by atoms with Gasteiger partial charge in [-0.2, -0.15) is 0 Å². The summed E-state index contributed by atoms with van der Waals surface area (Å²) in [5.74, 6) is 1.51. The van der Waals surface area contributed by atoms with Gasteiger partial charge in [0, 0.05) is 57.6 Å². The van der Waals surface area contributed by atoms with Crippen LogP contribution < -0.4 is 21.3 Å². The molecule has 0 bridgehead atoms. The van der Waals surface area contributed by atoms with E-state index in [2.05, 4.69) is 26.6 Å². The zero-order chi connectivity index (χ0) is 19.5. The third-order valence-corrected chi connectivity index (χ3v) is 4.63. The lowest BCUT2D eigenvalue weighted by atomic mass is 9.96. The second kappa shape index (κ2) is 11.4. The van der Waals surface area contributed by atoms with Crippen molar-refractivity contribution in [3.8, 4) is 0 Å². The fourth-order valence-corrected chi connectivity index (χ4v) is 3.14. The van der Waals surface area contributed by atoms with Gasteiger partial charge < -0.3 is 26.0 Å². The number of guanidine groups is 1. The van der Waals surface area contributed by atoms with E-state index in [1.807, 2.05) is 13.0 Å². The number of nitrogens with two attached hydrogens (primary N) is 1. The van der Waals surface area contributed by atoms with Gasteiger partial charge in [-0.1, -0.05) is 6.07 Å². The number of aliphatic imine (C=N–C) groups is 1. The first-order valence-electron chi connectivity index (χ1n) is 9.65. The summed E-state index contributed by atoms with van der Waals surface area (Å²) < 4.78 is 5.08. The maximum absolute atomic E-state index is 11.4. The first kappa shape index (κ1) is 21.0. The SMILES string of the molecule is CCNC(=NCc1cccnc1N1CCC(C(N)=O)CC1)NCCCOC. The van der Waals surface area contributed by atoms with Crippen molar-refractivity contribution in [1.29, 1.82) is 0 Å². The van der Waals surface area contributed by atoms with Crippen LogP contribution in [0.15, 0.2) is 23.3 Å². The number of amides is 1. The molecule has 0 radical (unpaired) electrons. The van der Waals surface area contributed by atoms with E-state index in [-0.39, 0.29) is 11.8 Å². The van der Waals surface area contributed by atoms with Crippen molar-refractivity contribution in [1.82, 2.24) is 15.6 Å². The van der Waals surface area contributed by atoms with Crippen LogP contribution in [0.2, 0.25) is 0 Å². The average molecular weight is 377 g/mol. The minimum Gasteiger partial charge on any atom is -0.385 e. The molecule has 1 fully saturated rings. The fraction of sp³-hybridized carbons (Fsp3) is 0.632. The molecule has 4 N–H and O–H groups in total. The van der Waals surface area contributed by atoms with Crippen LogP contribution >= 0.6 is 0 Å². The molecular weight excluding hydrogens is 344 g/mol. The highest BCUT2D eigenvalue weighted by atomic mass is 16.5. The lowest BCUT2D eigenvalue weighted by Crippen LogP contribution is -2.39. The van der Waals surface area contributed by atoms with Crippen molar-refractivity contribution in [3.63, 3.8) is 0 Å². The highest BCUT2D eigenvalue weighted by Gasteiger charge is 2.24. The summed E-state index contributed by atoms with van der Waals surface area (Å²) >= 11 is 0. The van der Waals surface area contributed by atoms with E-state index in [0.29, 0.717) is 6.54 Å². The number of carbonyl (C=O) groups is 1. The smallest absolute Gasteiger partial charge is 0.220 e. The molecule has 1 aromatic heterocycles. The number of pyridine rings is 1. The lowest BCUT2D eigenvalue weighted by Gasteiger charge is -2.32. The van der Waals surface area contributed by atoms with Crippen LogP contribution in [0.1, 0.15) is 31.7 Å². The number of nitrogens with zero attached hydrogens (tertiary/aromatic N) is 3. The molecule has 1 aliphatic rings. The zero-order valence-corrected chi connectivity index (χ0v) is 16.4. The van der Waals surface area contributed by atoms with Gasteiger partial charge in [0.05, 0.1) is 6.54 Å². The van der Waals surface area contributed by atoms with Crippen molar-refractivity contribution < 1.29 is 9.53 Å². The van der Waals surface area contributed by atoms with Crippen LogP contribution in [-0.2, 0) is 16.1 Å².